The lowest BCUT2D eigenvalue weighted by Crippen LogP contribution is -2.35. The van der Waals surface area contributed by atoms with E-state index in [0.29, 0.717) is 26.1 Å². The molecule has 0 spiro atoms. The van der Waals surface area contributed by atoms with Gasteiger partial charge in [-0.3, -0.25) is 9.59 Å². The van der Waals surface area contributed by atoms with Crippen LogP contribution in [0.2, 0.25) is 0 Å². The van der Waals surface area contributed by atoms with Crippen molar-refractivity contribution < 1.29 is 19.1 Å². The number of carbonyl (C=O) groups is 2. The van der Waals surface area contributed by atoms with Crippen LogP contribution in [0.4, 0.5) is 0 Å². The van der Waals surface area contributed by atoms with Gasteiger partial charge in [0.1, 0.15) is 0 Å². The summed E-state index contributed by atoms with van der Waals surface area (Å²) in [7, 11) is 0. The molecule has 4 heteroatoms. The molecule has 0 N–H and O–H groups in total. The van der Waals surface area contributed by atoms with E-state index in [1.54, 1.807) is 0 Å². The average Bonchev–Trinajstić information content (AvgIpc) is 2.69. The van der Waals surface area contributed by atoms with Crippen LogP contribution in [-0.4, -0.2) is 25.2 Å². The predicted molar refractivity (Wildman–Crippen MR) is 108 cm³/mol. The van der Waals surface area contributed by atoms with Gasteiger partial charge in [0.15, 0.2) is 5.92 Å². The molecule has 0 aliphatic heterocycles. The van der Waals surface area contributed by atoms with E-state index in [1.165, 1.54) is 0 Å². The Bertz CT molecular complexity index is 502. The molecule has 0 amide bonds. The second-order valence-electron chi connectivity index (χ2n) is 7.08. The minimum Gasteiger partial charge on any atom is -0.465 e. The van der Waals surface area contributed by atoms with Gasteiger partial charge in [-0.25, -0.2) is 0 Å². The Morgan fingerprint density at radius 3 is 1.78 bits per heavy atom. The lowest BCUT2D eigenvalue weighted by atomic mass is 9.84. The molecule has 0 aromatic heterocycles. The SMILES string of the molecule is CCCCCOC(=O)C(C(=O)OCCCCC)C(CC)Cc1ccccc1. The van der Waals surface area contributed by atoms with Gasteiger partial charge in [0.25, 0.3) is 0 Å². The van der Waals surface area contributed by atoms with E-state index in [0.717, 1.165) is 44.1 Å². The number of hydrogen-bond acceptors (Lipinski definition) is 4. The van der Waals surface area contributed by atoms with Gasteiger partial charge < -0.3 is 9.47 Å². The molecule has 0 aliphatic carbocycles. The van der Waals surface area contributed by atoms with E-state index in [4.69, 9.17) is 9.47 Å². The zero-order valence-electron chi connectivity index (χ0n) is 17.2. The highest BCUT2D eigenvalue weighted by Crippen LogP contribution is 2.24. The highest BCUT2D eigenvalue weighted by atomic mass is 16.6. The van der Waals surface area contributed by atoms with E-state index in [1.807, 2.05) is 37.3 Å². The maximum Gasteiger partial charge on any atom is 0.320 e. The van der Waals surface area contributed by atoms with Crippen LogP contribution >= 0.6 is 0 Å². The van der Waals surface area contributed by atoms with Crippen LogP contribution in [0, 0.1) is 11.8 Å². The van der Waals surface area contributed by atoms with Crippen molar-refractivity contribution in [1.29, 1.82) is 0 Å². The molecule has 0 aliphatic rings. The fourth-order valence-electron chi connectivity index (χ4n) is 3.13. The molecule has 152 valence electrons. The molecule has 0 radical (unpaired) electrons. The number of carbonyl (C=O) groups excluding carboxylic acids is 2. The Morgan fingerprint density at radius 2 is 1.33 bits per heavy atom. The Hall–Kier alpha value is -1.84. The highest BCUT2D eigenvalue weighted by molar-refractivity contribution is 5.95. The smallest absolute Gasteiger partial charge is 0.320 e. The van der Waals surface area contributed by atoms with E-state index < -0.39 is 17.9 Å². The third kappa shape index (κ3) is 9.07. The molecule has 0 bridgehead atoms. The average molecular weight is 377 g/mol. The lowest BCUT2D eigenvalue weighted by molar-refractivity contribution is -0.165. The number of ether oxygens (including phenoxy) is 2. The first-order chi connectivity index (χ1) is 13.1. The van der Waals surface area contributed by atoms with Crippen LogP contribution < -0.4 is 0 Å². The van der Waals surface area contributed by atoms with Crippen molar-refractivity contribution in [3.05, 3.63) is 35.9 Å². The predicted octanol–water partition coefficient (Wildman–Crippen LogP) is 5.34. The molecule has 1 aromatic carbocycles. The molecule has 27 heavy (non-hydrogen) atoms. The quantitative estimate of drug-likeness (QED) is 0.250. The first-order valence-electron chi connectivity index (χ1n) is 10.5. The van der Waals surface area contributed by atoms with Crippen molar-refractivity contribution in [2.75, 3.05) is 13.2 Å². The molecule has 0 saturated carbocycles. The summed E-state index contributed by atoms with van der Waals surface area (Å²) in [4.78, 5) is 25.4. The van der Waals surface area contributed by atoms with Crippen molar-refractivity contribution in [1.82, 2.24) is 0 Å². The van der Waals surface area contributed by atoms with E-state index in [-0.39, 0.29) is 5.92 Å². The van der Waals surface area contributed by atoms with Crippen LogP contribution in [0.25, 0.3) is 0 Å². The Morgan fingerprint density at radius 1 is 0.815 bits per heavy atom. The summed E-state index contributed by atoms with van der Waals surface area (Å²) in [5.74, 6) is -1.84. The number of hydrogen-bond donors (Lipinski definition) is 0. The van der Waals surface area contributed by atoms with Crippen LogP contribution in [0.15, 0.2) is 30.3 Å². The minimum absolute atomic E-state index is 0.121. The Labute approximate surface area is 164 Å². The number of rotatable bonds is 14. The summed E-state index contributed by atoms with van der Waals surface area (Å²) in [6.07, 6.45) is 7.19. The second-order valence-corrected chi connectivity index (χ2v) is 7.08. The largest absolute Gasteiger partial charge is 0.465 e. The van der Waals surface area contributed by atoms with Gasteiger partial charge in [0.05, 0.1) is 13.2 Å². The summed E-state index contributed by atoms with van der Waals surface area (Å²) in [6, 6.07) is 9.97. The monoisotopic (exact) mass is 376 g/mol. The molecular weight excluding hydrogens is 340 g/mol. The Balaban J connectivity index is 2.79. The van der Waals surface area contributed by atoms with Gasteiger partial charge in [0, 0.05) is 0 Å². The van der Waals surface area contributed by atoms with Crippen molar-refractivity contribution in [3.8, 4) is 0 Å². The third-order valence-corrected chi connectivity index (χ3v) is 4.83. The van der Waals surface area contributed by atoms with Crippen LogP contribution in [0.1, 0.15) is 71.3 Å². The van der Waals surface area contributed by atoms with Gasteiger partial charge in [-0.15, -0.1) is 0 Å². The molecule has 1 aromatic rings. The van der Waals surface area contributed by atoms with Gasteiger partial charge >= 0.3 is 11.9 Å². The van der Waals surface area contributed by atoms with E-state index in [2.05, 4.69) is 13.8 Å². The summed E-state index contributed by atoms with van der Waals surface area (Å²) in [6.45, 7) is 6.95. The van der Waals surface area contributed by atoms with Gasteiger partial charge in [-0.1, -0.05) is 83.2 Å². The molecule has 4 nitrogen and oxygen atoms in total. The summed E-state index contributed by atoms with van der Waals surface area (Å²) in [5, 5.41) is 0. The topological polar surface area (TPSA) is 52.6 Å². The minimum atomic E-state index is -0.849. The zero-order chi connectivity index (χ0) is 19.9. The first kappa shape index (κ1) is 23.2. The molecule has 1 atom stereocenters. The fourth-order valence-corrected chi connectivity index (χ4v) is 3.13. The first-order valence-corrected chi connectivity index (χ1v) is 10.5. The number of benzene rings is 1. The molecule has 1 rings (SSSR count). The molecule has 1 unspecified atom stereocenters. The normalized spacial score (nSPS) is 12.0. The van der Waals surface area contributed by atoms with Crippen LogP contribution in [0.5, 0.6) is 0 Å². The van der Waals surface area contributed by atoms with Crippen molar-refractivity contribution in [2.24, 2.45) is 11.8 Å². The summed E-state index contributed by atoms with van der Waals surface area (Å²) in [5.41, 5.74) is 1.12. The fraction of sp³-hybridized carbons (Fsp3) is 0.652. The van der Waals surface area contributed by atoms with E-state index in [9.17, 15) is 9.59 Å². The lowest BCUT2D eigenvalue weighted by Gasteiger charge is -2.23. The van der Waals surface area contributed by atoms with Gasteiger partial charge in [-0.05, 0) is 30.7 Å². The van der Waals surface area contributed by atoms with Gasteiger partial charge in [0.2, 0.25) is 0 Å². The maximum absolute atomic E-state index is 12.7. The van der Waals surface area contributed by atoms with E-state index >= 15 is 0 Å². The van der Waals surface area contributed by atoms with Crippen molar-refractivity contribution >= 4 is 11.9 Å². The number of esters is 2. The maximum atomic E-state index is 12.7. The van der Waals surface area contributed by atoms with Crippen molar-refractivity contribution in [3.63, 3.8) is 0 Å². The van der Waals surface area contributed by atoms with Gasteiger partial charge in [-0.2, -0.15) is 0 Å². The zero-order valence-corrected chi connectivity index (χ0v) is 17.2. The number of unbranched alkanes of at least 4 members (excludes halogenated alkanes) is 4. The third-order valence-electron chi connectivity index (χ3n) is 4.83. The highest BCUT2D eigenvalue weighted by Gasteiger charge is 2.36. The van der Waals surface area contributed by atoms with Crippen LogP contribution in [-0.2, 0) is 25.5 Å². The molecule has 0 saturated heterocycles. The molecule has 0 heterocycles. The van der Waals surface area contributed by atoms with Crippen molar-refractivity contribution in [2.45, 2.75) is 72.1 Å². The summed E-state index contributed by atoms with van der Waals surface area (Å²) < 4.78 is 10.9. The molecule has 0 fully saturated rings. The summed E-state index contributed by atoms with van der Waals surface area (Å²) >= 11 is 0. The Kier molecular flexibility index (Phi) is 12.2. The standard InChI is InChI=1S/C23H36O4/c1-4-7-12-16-26-22(24)21(23(25)27-17-13-8-5-2)20(6-3)18-19-14-10-9-11-15-19/h9-11,14-15,20-21H,4-8,12-13,16-18H2,1-3H3. The molecular formula is C23H36O4. The second kappa shape index (κ2) is 14.2. The van der Waals surface area contributed by atoms with Crippen LogP contribution in [0.3, 0.4) is 0 Å².